The van der Waals surface area contributed by atoms with Crippen molar-refractivity contribution >= 4 is 5.96 Å². The van der Waals surface area contributed by atoms with Crippen LogP contribution >= 0.6 is 0 Å². The Bertz CT molecular complexity index is 715. The van der Waals surface area contributed by atoms with Crippen LogP contribution < -0.4 is 10.6 Å². The highest BCUT2D eigenvalue weighted by Gasteiger charge is 2.17. The fourth-order valence-electron chi connectivity index (χ4n) is 2.96. The Morgan fingerprint density at radius 3 is 2.59 bits per heavy atom. The van der Waals surface area contributed by atoms with E-state index in [0.717, 1.165) is 29.7 Å². The molecule has 0 aromatic carbocycles. The Labute approximate surface area is 163 Å². The average Bonchev–Trinajstić information content (AvgIpc) is 3.08. The van der Waals surface area contributed by atoms with Crippen molar-refractivity contribution in [1.29, 1.82) is 0 Å². The standard InChI is InChI=1S/C21H34N6/c1-6-7-8-11-21(3,4)16-26-20(22-5)25-15-18-9-10-19(24-14-18)27-13-12-23-17(27)2/h9-10,12-14H,6-8,11,15-16H2,1-5H3,(H2,22,25,26). The molecule has 6 nitrogen and oxygen atoms in total. The third kappa shape index (κ3) is 6.70. The number of guanidine groups is 1. The van der Waals surface area contributed by atoms with Crippen molar-refractivity contribution in [1.82, 2.24) is 25.2 Å². The van der Waals surface area contributed by atoms with Crippen LogP contribution in [0.5, 0.6) is 0 Å². The number of hydrogen-bond acceptors (Lipinski definition) is 3. The van der Waals surface area contributed by atoms with Gasteiger partial charge in [-0.05, 0) is 30.4 Å². The van der Waals surface area contributed by atoms with Gasteiger partial charge in [0.15, 0.2) is 5.96 Å². The molecule has 0 aliphatic heterocycles. The van der Waals surface area contributed by atoms with E-state index in [-0.39, 0.29) is 5.41 Å². The van der Waals surface area contributed by atoms with Crippen LogP contribution in [0.15, 0.2) is 35.7 Å². The largest absolute Gasteiger partial charge is 0.356 e. The third-order valence-corrected chi connectivity index (χ3v) is 4.76. The molecule has 0 bridgehead atoms. The van der Waals surface area contributed by atoms with Crippen molar-refractivity contribution in [2.24, 2.45) is 10.4 Å². The molecule has 27 heavy (non-hydrogen) atoms. The van der Waals surface area contributed by atoms with Crippen LogP contribution in [0, 0.1) is 12.3 Å². The Morgan fingerprint density at radius 2 is 2.00 bits per heavy atom. The summed E-state index contributed by atoms with van der Waals surface area (Å²) in [6, 6.07) is 4.09. The maximum Gasteiger partial charge on any atom is 0.191 e. The Morgan fingerprint density at radius 1 is 1.19 bits per heavy atom. The zero-order valence-corrected chi connectivity index (χ0v) is 17.4. The second-order valence-electron chi connectivity index (χ2n) is 7.77. The van der Waals surface area contributed by atoms with Crippen LogP contribution in [0.2, 0.25) is 0 Å². The van der Waals surface area contributed by atoms with Gasteiger partial charge in [0.1, 0.15) is 11.6 Å². The van der Waals surface area contributed by atoms with Crippen molar-refractivity contribution in [2.75, 3.05) is 13.6 Å². The number of imidazole rings is 1. The molecule has 0 fully saturated rings. The summed E-state index contributed by atoms with van der Waals surface area (Å²) < 4.78 is 1.97. The van der Waals surface area contributed by atoms with Gasteiger partial charge in [0, 0.05) is 38.7 Å². The summed E-state index contributed by atoms with van der Waals surface area (Å²) in [5.41, 5.74) is 1.38. The number of aromatic nitrogens is 3. The van der Waals surface area contributed by atoms with Gasteiger partial charge >= 0.3 is 0 Å². The van der Waals surface area contributed by atoms with Crippen LogP contribution in [-0.4, -0.2) is 34.1 Å². The van der Waals surface area contributed by atoms with Crippen LogP contribution in [0.1, 0.15) is 57.8 Å². The van der Waals surface area contributed by atoms with Gasteiger partial charge in [0.2, 0.25) is 0 Å². The van der Waals surface area contributed by atoms with Crippen molar-refractivity contribution < 1.29 is 0 Å². The Kier molecular flexibility index (Phi) is 7.82. The molecule has 2 rings (SSSR count). The molecule has 0 amide bonds. The summed E-state index contributed by atoms with van der Waals surface area (Å²) in [6.07, 6.45) is 10.7. The molecule has 2 aromatic heterocycles. The van der Waals surface area contributed by atoms with Crippen molar-refractivity contribution in [2.45, 2.75) is 59.9 Å². The van der Waals surface area contributed by atoms with E-state index in [2.05, 4.69) is 52.4 Å². The maximum atomic E-state index is 4.54. The second kappa shape index (κ2) is 10.1. The lowest BCUT2D eigenvalue weighted by Gasteiger charge is -2.26. The fourth-order valence-corrected chi connectivity index (χ4v) is 2.96. The first-order valence-electron chi connectivity index (χ1n) is 9.85. The number of nitrogens with zero attached hydrogens (tertiary/aromatic N) is 4. The lowest BCUT2D eigenvalue weighted by Crippen LogP contribution is -2.41. The number of rotatable bonds is 9. The first-order valence-corrected chi connectivity index (χ1v) is 9.85. The molecule has 2 heterocycles. The van der Waals surface area contributed by atoms with Gasteiger partial charge in [-0.15, -0.1) is 0 Å². The summed E-state index contributed by atoms with van der Waals surface area (Å²) in [5, 5.41) is 6.83. The summed E-state index contributed by atoms with van der Waals surface area (Å²) in [4.78, 5) is 13.1. The highest BCUT2D eigenvalue weighted by atomic mass is 15.2. The summed E-state index contributed by atoms with van der Waals surface area (Å²) in [5.74, 6) is 2.64. The minimum absolute atomic E-state index is 0.263. The first-order chi connectivity index (χ1) is 12.9. The van der Waals surface area contributed by atoms with Crippen molar-refractivity contribution in [3.8, 4) is 5.82 Å². The van der Waals surface area contributed by atoms with E-state index in [1.54, 1.807) is 6.20 Å². The molecule has 2 aromatic rings. The van der Waals surface area contributed by atoms with E-state index < -0.39 is 0 Å². The maximum absolute atomic E-state index is 4.54. The molecule has 6 heteroatoms. The number of hydrogen-bond donors (Lipinski definition) is 2. The SMILES string of the molecule is CCCCCC(C)(C)CNC(=NC)NCc1ccc(-n2ccnc2C)nc1. The van der Waals surface area contributed by atoms with Gasteiger partial charge in [-0.3, -0.25) is 9.56 Å². The number of unbranched alkanes of at least 4 members (excludes halogenated alkanes) is 2. The molecule has 0 aliphatic rings. The van der Waals surface area contributed by atoms with E-state index in [1.807, 2.05) is 37.0 Å². The molecule has 0 aliphatic carbocycles. The number of nitrogens with one attached hydrogen (secondary N) is 2. The van der Waals surface area contributed by atoms with Crippen LogP contribution in [0.3, 0.4) is 0 Å². The zero-order chi connectivity index (χ0) is 19.7. The van der Waals surface area contributed by atoms with Gasteiger partial charge in [-0.25, -0.2) is 9.97 Å². The van der Waals surface area contributed by atoms with Crippen LogP contribution in [0.4, 0.5) is 0 Å². The monoisotopic (exact) mass is 370 g/mol. The summed E-state index contributed by atoms with van der Waals surface area (Å²) in [6.45, 7) is 10.4. The fraction of sp³-hybridized carbons (Fsp3) is 0.571. The van der Waals surface area contributed by atoms with Gasteiger partial charge in [-0.2, -0.15) is 0 Å². The lowest BCUT2D eigenvalue weighted by atomic mass is 9.87. The van der Waals surface area contributed by atoms with Gasteiger partial charge in [0.25, 0.3) is 0 Å². The number of aryl methyl sites for hydroxylation is 1. The van der Waals surface area contributed by atoms with E-state index >= 15 is 0 Å². The number of pyridine rings is 1. The van der Waals surface area contributed by atoms with Gasteiger partial charge in [-0.1, -0.05) is 46.1 Å². The van der Waals surface area contributed by atoms with Crippen molar-refractivity contribution in [3.05, 3.63) is 42.1 Å². The predicted molar refractivity (Wildman–Crippen MR) is 112 cm³/mol. The Hall–Kier alpha value is -2.37. The van der Waals surface area contributed by atoms with Crippen LogP contribution in [0.25, 0.3) is 5.82 Å². The average molecular weight is 371 g/mol. The highest BCUT2D eigenvalue weighted by Crippen LogP contribution is 2.22. The second-order valence-corrected chi connectivity index (χ2v) is 7.77. The number of aliphatic imine (C=N–C) groups is 1. The highest BCUT2D eigenvalue weighted by molar-refractivity contribution is 5.79. The Balaban J connectivity index is 1.82. The van der Waals surface area contributed by atoms with Gasteiger partial charge < -0.3 is 10.6 Å². The van der Waals surface area contributed by atoms with E-state index in [0.29, 0.717) is 6.54 Å². The topological polar surface area (TPSA) is 67.1 Å². The van der Waals surface area contributed by atoms with E-state index in [4.69, 9.17) is 0 Å². The lowest BCUT2D eigenvalue weighted by molar-refractivity contribution is 0.318. The molecule has 0 saturated heterocycles. The minimum atomic E-state index is 0.263. The van der Waals surface area contributed by atoms with Crippen molar-refractivity contribution in [3.63, 3.8) is 0 Å². The summed E-state index contributed by atoms with van der Waals surface area (Å²) >= 11 is 0. The molecule has 0 unspecified atom stereocenters. The molecule has 0 saturated carbocycles. The van der Waals surface area contributed by atoms with Gasteiger partial charge in [0.05, 0.1) is 0 Å². The van der Waals surface area contributed by atoms with Crippen LogP contribution in [-0.2, 0) is 6.54 Å². The van der Waals surface area contributed by atoms with E-state index in [1.165, 1.54) is 25.7 Å². The molecule has 148 valence electrons. The zero-order valence-electron chi connectivity index (χ0n) is 17.4. The molecular formula is C21H34N6. The molecule has 0 spiro atoms. The molecular weight excluding hydrogens is 336 g/mol. The first kappa shape index (κ1) is 20.9. The minimum Gasteiger partial charge on any atom is -0.356 e. The molecule has 2 N–H and O–H groups in total. The normalized spacial score (nSPS) is 12.3. The predicted octanol–water partition coefficient (Wildman–Crippen LogP) is 3.85. The molecule has 0 radical (unpaired) electrons. The third-order valence-electron chi connectivity index (χ3n) is 4.76. The smallest absolute Gasteiger partial charge is 0.191 e. The summed E-state index contributed by atoms with van der Waals surface area (Å²) in [7, 11) is 1.81. The molecule has 0 atom stereocenters. The quantitative estimate of drug-likeness (QED) is 0.400. The van der Waals surface area contributed by atoms with E-state index in [9.17, 15) is 0 Å².